The predicted molar refractivity (Wildman–Crippen MR) is 117 cm³/mol. The lowest BCUT2D eigenvalue weighted by atomic mass is 9.95. The summed E-state index contributed by atoms with van der Waals surface area (Å²) in [4.78, 5) is 37.6. The summed E-state index contributed by atoms with van der Waals surface area (Å²) in [5, 5.41) is 26.2. The Kier molecular flexibility index (Phi) is 5.60. The van der Waals surface area contributed by atoms with Gasteiger partial charge in [-0.3, -0.25) is 24.6 Å². The molecule has 1 amide bonds. The van der Waals surface area contributed by atoms with Gasteiger partial charge in [0, 0.05) is 23.8 Å². The van der Waals surface area contributed by atoms with E-state index in [0.717, 1.165) is 4.90 Å². The van der Waals surface area contributed by atoms with E-state index in [4.69, 9.17) is 20.9 Å². The van der Waals surface area contributed by atoms with Crippen molar-refractivity contribution in [1.82, 2.24) is 5.16 Å². The number of carbonyl (C=O) groups excluding carboxylic acids is 2. The molecule has 1 N–H and O–H groups in total. The van der Waals surface area contributed by atoms with Gasteiger partial charge in [-0.1, -0.05) is 16.8 Å². The molecular weight excluding hydrogens is 454 g/mol. The van der Waals surface area contributed by atoms with Gasteiger partial charge in [0.1, 0.15) is 17.3 Å². The van der Waals surface area contributed by atoms with Crippen molar-refractivity contribution in [3.05, 3.63) is 86.1 Å². The highest BCUT2D eigenvalue weighted by Gasteiger charge is 2.48. The Morgan fingerprint density at radius 1 is 1.21 bits per heavy atom. The van der Waals surface area contributed by atoms with Crippen LogP contribution in [-0.2, 0) is 9.59 Å². The molecule has 33 heavy (non-hydrogen) atoms. The lowest BCUT2D eigenvalue weighted by Crippen LogP contribution is -2.29. The first-order chi connectivity index (χ1) is 15.7. The average Bonchev–Trinajstić information content (AvgIpc) is 3.34. The normalized spacial score (nSPS) is 17.4. The van der Waals surface area contributed by atoms with Crippen molar-refractivity contribution in [2.24, 2.45) is 0 Å². The first-order valence-corrected chi connectivity index (χ1v) is 9.93. The number of anilines is 1. The zero-order chi connectivity index (χ0) is 23.9. The molecule has 3 aromatic rings. The Balaban J connectivity index is 1.92. The van der Waals surface area contributed by atoms with E-state index in [1.165, 1.54) is 55.6 Å². The van der Waals surface area contributed by atoms with Crippen LogP contribution in [-0.4, -0.2) is 34.0 Å². The monoisotopic (exact) mass is 469 g/mol. The predicted octanol–water partition coefficient (Wildman–Crippen LogP) is 4.18. The number of rotatable bonds is 5. The molecule has 0 aliphatic carbocycles. The summed E-state index contributed by atoms with van der Waals surface area (Å²) in [6.07, 6.45) is 0. The van der Waals surface area contributed by atoms with Crippen molar-refractivity contribution in [2.45, 2.75) is 13.0 Å². The lowest BCUT2D eigenvalue weighted by molar-refractivity contribution is -0.384. The van der Waals surface area contributed by atoms with E-state index in [1.54, 1.807) is 6.92 Å². The van der Waals surface area contributed by atoms with Crippen molar-refractivity contribution in [1.29, 1.82) is 0 Å². The van der Waals surface area contributed by atoms with Crippen molar-refractivity contribution in [3.63, 3.8) is 0 Å². The van der Waals surface area contributed by atoms with Gasteiger partial charge in [0.15, 0.2) is 5.82 Å². The number of aromatic nitrogens is 1. The van der Waals surface area contributed by atoms with Crippen molar-refractivity contribution < 1.29 is 28.9 Å². The van der Waals surface area contributed by atoms with Gasteiger partial charge in [-0.15, -0.1) is 0 Å². The number of ether oxygens (including phenoxy) is 1. The first kappa shape index (κ1) is 22.0. The summed E-state index contributed by atoms with van der Waals surface area (Å²) >= 11 is 6.17. The van der Waals surface area contributed by atoms with Gasteiger partial charge < -0.3 is 14.4 Å². The summed E-state index contributed by atoms with van der Waals surface area (Å²) in [6.45, 7) is 1.62. The molecule has 1 atom stereocenters. The summed E-state index contributed by atoms with van der Waals surface area (Å²) in [7, 11) is 1.43. The number of hydrogen-bond acceptors (Lipinski definition) is 8. The second kappa shape index (κ2) is 8.40. The minimum Gasteiger partial charge on any atom is -0.507 e. The molecule has 0 spiro atoms. The quantitative estimate of drug-likeness (QED) is 0.193. The number of nitro groups is 1. The lowest BCUT2D eigenvalue weighted by Gasteiger charge is -2.22. The van der Waals surface area contributed by atoms with Gasteiger partial charge >= 0.3 is 5.91 Å². The van der Waals surface area contributed by atoms with E-state index in [9.17, 15) is 24.8 Å². The van der Waals surface area contributed by atoms with Crippen LogP contribution in [0.5, 0.6) is 5.75 Å². The molecule has 0 saturated carbocycles. The second-order valence-electron chi connectivity index (χ2n) is 7.16. The number of nitrogens with zero attached hydrogens (tertiary/aromatic N) is 3. The molecule has 11 heteroatoms. The number of aliphatic hydroxyl groups excluding tert-OH is 1. The van der Waals surface area contributed by atoms with Crippen molar-refractivity contribution in [2.75, 3.05) is 12.0 Å². The number of aryl methyl sites for hydroxylation is 1. The highest BCUT2D eigenvalue weighted by molar-refractivity contribution is 6.51. The minimum atomic E-state index is -1.11. The third-order valence-corrected chi connectivity index (χ3v) is 5.45. The van der Waals surface area contributed by atoms with E-state index in [1.807, 2.05) is 0 Å². The average molecular weight is 470 g/mol. The molecule has 0 unspecified atom stereocenters. The number of aliphatic hydroxyl groups is 1. The molecule has 0 bridgehead atoms. The number of hydrogen-bond donors (Lipinski definition) is 1. The van der Waals surface area contributed by atoms with Gasteiger partial charge in [0.25, 0.3) is 11.5 Å². The number of Topliss-reactive ketones (excluding diaryl/α,β-unsaturated/α-hetero) is 1. The van der Waals surface area contributed by atoms with Crippen molar-refractivity contribution >= 4 is 40.6 Å². The number of methoxy groups -OCH3 is 1. The number of ketones is 1. The Labute approximate surface area is 191 Å². The van der Waals surface area contributed by atoms with E-state index in [2.05, 4.69) is 5.16 Å². The smallest absolute Gasteiger partial charge is 0.301 e. The number of nitro benzene ring substituents is 1. The van der Waals surface area contributed by atoms with Crippen LogP contribution in [0.15, 0.2) is 58.6 Å². The highest BCUT2D eigenvalue weighted by atomic mass is 35.5. The summed E-state index contributed by atoms with van der Waals surface area (Å²) < 4.78 is 10.2. The fraction of sp³-hybridized carbons (Fsp3) is 0.136. The molecule has 2 heterocycles. The van der Waals surface area contributed by atoms with Crippen LogP contribution in [0.2, 0.25) is 5.02 Å². The zero-order valence-corrected chi connectivity index (χ0v) is 18.1. The molecule has 0 radical (unpaired) electrons. The zero-order valence-electron chi connectivity index (χ0n) is 17.3. The molecule has 1 aliphatic rings. The molecule has 10 nitrogen and oxygen atoms in total. The molecule has 168 valence electrons. The number of halogens is 1. The van der Waals surface area contributed by atoms with E-state index in [-0.39, 0.29) is 27.7 Å². The van der Waals surface area contributed by atoms with Crippen LogP contribution in [0, 0.1) is 17.0 Å². The van der Waals surface area contributed by atoms with Crippen LogP contribution >= 0.6 is 11.6 Å². The van der Waals surface area contributed by atoms with Crippen LogP contribution in [0.25, 0.3) is 5.76 Å². The number of benzene rings is 2. The topological polar surface area (TPSA) is 136 Å². The second-order valence-corrected chi connectivity index (χ2v) is 7.57. The number of carbonyl (C=O) groups is 2. The summed E-state index contributed by atoms with van der Waals surface area (Å²) in [5.74, 6) is -1.54. The molecule has 2 aromatic carbocycles. The summed E-state index contributed by atoms with van der Waals surface area (Å²) in [6, 6.07) is 10.0. The SMILES string of the molecule is COc1ccc(/C(O)=C2\C(=O)C(=O)N(c3cc(C)on3)[C@@H]2c2ccc([N+](=O)[O-])cc2)cc1Cl. The standard InChI is InChI=1S/C22H16ClN3O7/c1-11-9-17(24-33-11)25-19(12-3-6-14(7-4-12)26(30)31)18(21(28)22(25)29)20(27)13-5-8-16(32-2)15(23)10-13/h3-10,19,27H,1-2H3/b20-18+/t19-/m1/s1. The van der Waals surface area contributed by atoms with Gasteiger partial charge in [-0.2, -0.15) is 0 Å². The Bertz CT molecular complexity index is 1310. The van der Waals surface area contributed by atoms with Crippen LogP contribution in [0.1, 0.15) is 22.9 Å². The molecule has 1 aliphatic heterocycles. The molecule has 1 fully saturated rings. The maximum atomic E-state index is 13.0. The third kappa shape index (κ3) is 3.80. The molecule has 1 saturated heterocycles. The van der Waals surface area contributed by atoms with Crippen LogP contribution < -0.4 is 9.64 Å². The fourth-order valence-corrected chi connectivity index (χ4v) is 3.86. The van der Waals surface area contributed by atoms with Gasteiger partial charge in [0.05, 0.1) is 28.7 Å². The molecular formula is C22H16ClN3O7. The van der Waals surface area contributed by atoms with E-state index in [0.29, 0.717) is 17.1 Å². The maximum absolute atomic E-state index is 13.0. The van der Waals surface area contributed by atoms with Gasteiger partial charge in [-0.05, 0) is 42.8 Å². The Hall–Kier alpha value is -4.18. The van der Waals surface area contributed by atoms with E-state index < -0.39 is 28.4 Å². The minimum absolute atomic E-state index is 0.0600. The Morgan fingerprint density at radius 3 is 2.45 bits per heavy atom. The van der Waals surface area contributed by atoms with Crippen LogP contribution in [0.4, 0.5) is 11.5 Å². The van der Waals surface area contributed by atoms with E-state index >= 15 is 0 Å². The fourth-order valence-electron chi connectivity index (χ4n) is 3.60. The molecule has 4 rings (SSSR count). The number of amides is 1. The highest BCUT2D eigenvalue weighted by Crippen LogP contribution is 2.42. The number of non-ortho nitro benzene ring substituents is 1. The summed E-state index contributed by atoms with van der Waals surface area (Å²) in [5.41, 5.74) is 0.134. The van der Waals surface area contributed by atoms with Gasteiger partial charge in [0.2, 0.25) is 0 Å². The maximum Gasteiger partial charge on any atom is 0.301 e. The first-order valence-electron chi connectivity index (χ1n) is 9.55. The van der Waals surface area contributed by atoms with Crippen LogP contribution in [0.3, 0.4) is 0 Å². The third-order valence-electron chi connectivity index (χ3n) is 5.15. The Morgan fingerprint density at radius 2 is 1.91 bits per heavy atom. The largest absolute Gasteiger partial charge is 0.507 e. The van der Waals surface area contributed by atoms with Gasteiger partial charge in [-0.25, -0.2) is 0 Å². The molecule has 1 aromatic heterocycles. The van der Waals surface area contributed by atoms with Crippen molar-refractivity contribution in [3.8, 4) is 5.75 Å².